The molecule has 9 heteroatoms. The summed E-state index contributed by atoms with van der Waals surface area (Å²) < 4.78 is 0.383. The van der Waals surface area contributed by atoms with Crippen molar-refractivity contribution < 1.29 is 5.03 Å². The molecule has 1 rings (SSSR count). The Bertz CT molecular complexity index is 415. The molecule has 1 heterocycles. The highest BCUT2D eigenvalue weighted by atomic mass is 35.5. The molecule has 0 radical (unpaired) electrons. The molecule has 0 bridgehead atoms. The van der Waals surface area contributed by atoms with E-state index in [1.165, 1.54) is 30.8 Å². The second kappa shape index (κ2) is 5.37. The number of hydrazone groups is 1. The third kappa shape index (κ3) is 4.00. The summed E-state index contributed by atoms with van der Waals surface area (Å²) >= 11 is 6.80. The van der Waals surface area contributed by atoms with E-state index in [2.05, 4.69) is 20.4 Å². The van der Waals surface area contributed by atoms with Crippen molar-refractivity contribution in [2.75, 3.05) is 7.05 Å². The molecule has 0 unspecified atom stereocenters. The van der Waals surface area contributed by atoms with Gasteiger partial charge in [0.2, 0.25) is 0 Å². The van der Waals surface area contributed by atoms with Crippen LogP contribution in [0, 0.1) is 10.1 Å². The molecular weight excluding hydrogens is 242 g/mol. The van der Waals surface area contributed by atoms with Gasteiger partial charge in [0, 0.05) is 19.5 Å². The zero-order chi connectivity index (χ0) is 11.3. The number of halogens is 1. The zero-order valence-corrected chi connectivity index (χ0v) is 9.12. The maximum absolute atomic E-state index is 10.1. The number of nitrogens with one attached hydrogen (secondary N) is 1. The van der Waals surface area contributed by atoms with Crippen LogP contribution in [0.4, 0.5) is 0 Å². The van der Waals surface area contributed by atoms with Gasteiger partial charge in [-0.3, -0.25) is 0 Å². The first-order valence-corrected chi connectivity index (χ1v) is 4.87. The molecule has 0 aromatic carbocycles. The summed E-state index contributed by atoms with van der Waals surface area (Å²) in [5.74, 6) is -0.0930. The van der Waals surface area contributed by atoms with Gasteiger partial charge in [-0.1, -0.05) is 11.6 Å². The van der Waals surface area contributed by atoms with Gasteiger partial charge >= 0.3 is 0 Å². The Labute approximate surface area is 93.7 Å². The lowest BCUT2D eigenvalue weighted by Crippen LogP contribution is -2.17. The van der Waals surface area contributed by atoms with Crippen molar-refractivity contribution in [1.29, 1.82) is 0 Å². The highest BCUT2D eigenvalue weighted by Gasteiger charge is 2.00. The predicted molar refractivity (Wildman–Crippen MR) is 58.2 cm³/mol. The smallest absolute Gasteiger partial charge is 0.294 e. The van der Waals surface area contributed by atoms with Crippen molar-refractivity contribution in [2.24, 2.45) is 10.1 Å². The second-order valence-electron chi connectivity index (χ2n) is 2.19. The molecule has 0 aliphatic rings. The van der Waals surface area contributed by atoms with Crippen molar-refractivity contribution in [3.05, 3.63) is 25.7 Å². The Morgan fingerprint density at radius 1 is 1.87 bits per heavy atom. The topological polar surface area (TPSA) is 92.8 Å². The van der Waals surface area contributed by atoms with Gasteiger partial charge in [-0.2, -0.15) is 0 Å². The Balaban J connectivity index is 2.75. The van der Waals surface area contributed by atoms with E-state index in [0.29, 0.717) is 9.34 Å². The lowest BCUT2D eigenvalue weighted by atomic mass is 10.6. The molecular formula is C6H6ClN5O2S. The van der Waals surface area contributed by atoms with E-state index in [9.17, 15) is 10.1 Å². The SMILES string of the molecule is CN/C(N=Cc1cnc(Cl)s1)=N\[N+](=O)[O-]. The monoisotopic (exact) mass is 247 g/mol. The van der Waals surface area contributed by atoms with Crippen LogP contribution >= 0.6 is 22.9 Å². The summed E-state index contributed by atoms with van der Waals surface area (Å²) in [4.78, 5) is 18.3. The fraction of sp³-hybridized carbons (Fsp3) is 0.167. The molecule has 80 valence electrons. The Morgan fingerprint density at radius 3 is 3.07 bits per heavy atom. The van der Waals surface area contributed by atoms with Crippen LogP contribution in [0.1, 0.15) is 4.88 Å². The van der Waals surface area contributed by atoms with Gasteiger partial charge < -0.3 is 5.32 Å². The Kier molecular flexibility index (Phi) is 4.13. The summed E-state index contributed by atoms with van der Waals surface area (Å²) in [7, 11) is 1.49. The first kappa shape index (κ1) is 11.5. The molecule has 0 aliphatic heterocycles. The summed E-state index contributed by atoms with van der Waals surface area (Å²) in [5.41, 5.74) is 0. The standard InChI is InChI=1S/C6H6ClN5O2S/c1-8-6(11-12(13)14)10-3-4-2-9-5(7)15-4/h2-3H,1H3,(H,8,11). The molecule has 1 N–H and O–H groups in total. The third-order valence-corrected chi connectivity index (χ3v) is 2.26. The molecule has 0 spiro atoms. The quantitative estimate of drug-likeness (QED) is 0.365. The van der Waals surface area contributed by atoms with Crippen LogP contribution in [0.3, 0.4) is 0 Å². The maximum Gasteiger partial charge on any atom is 0.294 e. The van der Waals surface area contributed by atoms with Crippen LogP contribution in [-0.4, -0.2) is 29.2 Å². The van der Waals surface area contributed by atoms with Gasteiger partial charge in [0.1, 0.15) is 5.10 Å². The van der Waals surface area contributed by atoms with Crippen LogP contribution in [0.15, 0.2) is 16.3 Å². The van der Waals surface area contributed by atoms with Gasteiger partial charge in [-0.15, -0.1) is 11.3 Å². The van der Waals surface area contributed by atoms with Gasteiger partial charge in [-0.05, 0) is 0 Å². The van der Waals surface area contributed by atoms with Crippen molar-refractivity contribution in [3.63, 3.8) is 0 Å². The molecule has 0 atom stereocenters. The van der Waals surface area contributed by atoms with Crippen LogP contribution in [-0.2, 0) is 0 Å². The number of hydrogen-bond acceptors (Lipinski definition) is 4. The number of guanidine groups is 1. The minimum atomic E-state index is -0.831. The molecule has 0 amide bonds. The normalized spacial score (nSPS) is 12.0. The summed E-state index contributed by atoms with van der Waals surface area (Å²) in [5, 5.41) is 14.7. The largest absolute Gasteiger partial charge is 0.352 e. The molecule has 1 aromatic rings. The molecule has 0 saturated carbocycles. The lowest BCUT2D eigenvalue weighted by Gasteiger charge is -1.91. The average Bonchev–Trinajstić information content (AvgIpc) is 2.58. The summed E-state index contributed by atoms with van der Waals surface area (Å²) in [6.07, 6.45) is 2.90. The number of nitrogens with zero attached hydrogens (tertiary/aromatic N) is 4. The van der Waals surface area contributed by atoms with Crippen LogP contribution < -0.4 is 5.32 Å². The number of aliphatic imine (C=N–C) groups is 1. The van der Waals surface area contributed by atoms with Crippen molar-refractivity contribution in [2.45, 2.75) is 0 Å². The van der Waals surface area contributed by atoms with Gasteiger partial charge in [0.05, 0.1) is 4.88 Å². The van der Waals surface area contributed by atoms with Crippen molar-refractivity contribution in [1.82, 2.24) is 10.3 Å². The zero-order valence-electron chi connectivity index (χ0n) is 7.55. The molecule has 0 saturated heterocycles. The summed E-state index contributed by atoms with van der Waals surface area (Å²) in [6.45, 7) is 0. The van der Waals surface area contributed by atoms with Gasteiger partial charge in [0.15, 0.2) is 9.50 Å². The summed E-state index contributed by atoms with van der Waals surface area (Å²) in [6, 6.07) is 0. The highest BCUT2D eigenvalue weighted by molar-refractivity contribution is 7.17. The minimum absolute atomic E-state index is 0.0930. The lowest BCUT2D eigenvalue weighted by molar-refractivity contribution is -0.485. The molecule has 0 fully saturated rings. The fourth-order valence-corrected chi connectivity index (χ4v) is 1.49. The predicted octanol–water partition coefficient (Wildman–Crippen LogP) is 0.982. The van der Waals surface area contributed by atoms with E-state index in [-0.39, 0.29) is 5.96 Å². The molecule has 15 heavy (non-hydrogen) atoms. The average molecular weight is 248 g/mol. The van der Waals surface area contributed by atoms with E-state index in [4.69, 9.17) is 11.6 Å². The number of rotatable bonds is 2. The third-order valence-electron chi connectivity index (χ3n) is 1.21. The molecule has 7 nitrogen and oxygen atoms in total. The number of nitro groups is 1. The maximum atomic E-state index is 10.1. The van der Waals surface area contributed by atoms with Crippen LogP contribution in [0.25, 0.3) is 0 Å². The number of thiazole rings is 1. The number of hydrogen-bond donors (Lipinski definition) is 1. The fourth-order valence-electron chi connectivity index (χ4n) is 0.666. The second-order valence-corrected chi connectivity index (χ2v) is 3.83. The minimum Gasteiger partial charge on any atom is -0.352 e. The number of aromatic nitrogens is 1. The van der Waals surface area contributed by atoms with Gasteiger partial charge in [-0.25, -0.2) is 20.1 Å². The van der Waals surface area contributed by atoms with E-state index in [1.54, 1.807) is 0 Å². The van der Waals surface area contributed by atoms with E-state index >= 15 is 0 Å². The van der Waals surface area contributed by atoms with E-state index in [1.807, 2.05) is 0 Å². The first-order valence-electron chi connectivity index (χ1n) is 3.68. The molecule has 0 aliphatic carbocycles. The van der Waals surface area contributed by atoms with Crippen molar-refractivity contribution >= 4 is 35.1 Å². The van der Waals surface area contributed by atoms with E-state index in [0.717, 1.165) is 0 Å². The molecule has 1 aromatic heterocycles. The van der Waals surface area contributed by atoms with Gasteiger partial charge in [0.25, 0.3) is 5.96 Å². The Morgan fingerprint density at radius 2 is 2.60 bits per heavy atom. The highest BCUT2D eigenvalue weighted by Crippen LogP contribution is 2.15. The van der Waals surface area contributed by atoms with Crippen molar-refractivity contribution in [3.8, 4) is 0 Å². The van der Waals surface area contributed by atoms with Crippen LogP contribution in [0.2, 0.25) is 4.47 Å². The Hall–Kier alpha value is -1.54. The first-order chi connectivity index (χ1) is 7.11. The van der Waals surface area contributed by atoms with Crippen LogP contribution in [0.5, 0.6) is 0 Å². The van der Waals surface area contributed by atoms with E-state index < -0.39 is 5.03 Å².